The first kappa shape index (κ1) is 10.1. The van der Waals surface area contributed by atoms with Gasteiger partial charge in [0, 0.05) is 18.1 Å². The molecule has 78 valence electrons. The molecule has 0 amide bonds. The molecule has 0 heterocycles. The van der Waals surface area contributed by atoms with Crippen LogP contribution >= 0.6 is 0 Å². The van der Waals surface area contributed by atoms with E-state index in [0.29, 0.717) is 18.4 Å². The van der Waals surface area contributed by atoms with Crippen LogP contribution in [0.2, 0.25) is 0 Å². The van der Waals surface area contributed by atoms with Crippen molar-refractivity contribution in [3.05, 3.63) is 35.4 Å². The standard InChI is InChI=1S/C12H12O3/c13-6-5-9-7-8-3-1-2-4-10(8)12(15)11(9)14/h1-4,9,13H,5-7H2. The Morgan fingerprint density at radius 2 is 2.00 bits per heavy atom. The molecule has 1 aromatic rings. The summed E-state index contributed by atoms with van der Waals surface area (Å²) in [5.74, 6) is -1.10. The molecule has 3 nitrogen and oxygen atoms in total. The van der Waals surface area contributed by atoms with Gasteiger partial charge in [0.05, 0.1) is 0 Å². The molecule has 2 rings (SSSR count). The number of ketones is 2. The number of aliphatic hydroxyl groups excluding tert-OH is 1. The lowest BCUT2D eigenvalue weighted by Gasteiger charge is -2.21. The summed E-state index contributed by atoms with van der Waals surface area (Å²) in [5, 5.41) is 8.81. The molecule has 0 bridgehead atoms. The molecule has 0 saturated carbocycles. The number of aliphatic hydroxyl groups is 1. The van der Waals surface area contributed by atoms with Crippen molar-refractivity contribution in [3.8, 4) is 0 Å². The van der Waals surface area contributed by atoms with Crippen LogP contribution in [0.1, 0.15) is 22.3 Å². The van der Waals surface area contributed by atoms with E-state index in [0.717, 1.165) is 5.56 Å². The highest BCUT2D eigenvalue weighted by atomic mass is 16.3. The SMILES string of the molecule is O=C1C(=O)C(CCO)Cc2ccccc21. The molecule has 0 saturated heterocycles. The zero-order valence-corrected chi connectivity index (χ0v) is 8.27. The number of hydrogen-bond acceptors (Lipinski definition) is 3. The van der Waals surface area contributed by atoms with Gasteiger partial charge in [-0.15, -0.1) is 0 Å². The summed E-state index contributed by atoms with van der Waals surface area (Å²) in [7, 11) is 0. The van der Waals surface area contributed by atoms with Crippen LogP contribution < -0.4 is 0 Å². The maximum absolute atomic E-state index is 11.7. The lowest BCUT2D eigenvalue weighted by molar-refractivity contribution is -0.119. The van der Waals surface area contributed by atoms with Crippen molar-refractivity contribution in [1.82, 2.24) is 0 Å². The smallest absolute Gasteiger partial charge is 0.229 e. The van der Waals surface area contributed by atoms with Gasteiger partial charge in [0.2, 0.25) is 11.6 Å². The summed E-state index contributed by atoms with van der Waals surface area (Å²) in [6, 6.07) is 7.17. The van der Waals surface area contributed by atoms with Gasteiger partial charge in [-0.05, 0) is 18.4 Å². The predicted molar refractivity (Wildman–Crippen MR) is 54.7 cm³/mol. The first-order valence-corrected chi connectivity index (χ1v) is 5.01. The second-order valence-electron chi connectivity index (χ2n) is 3.76. The molecule has 1 aliphatic rings. The topological polar surface area (TPSA) is 54.4 Å². The lowest BCUT2D eigenvalue weighted by Crippen LogP contribution is -2.32. The van der Waals surface area contributed by atoms with Crippen molar-refractivity contribution >= 4 is 11.6 Å². The number of fused-ring (bicyclic) bond motifs is 1. The Labute approximate surface area is 87.7 Å². The Bertz CT molecular complexity index is 409. The second kappa shape index (κ2) is 3.95. The molecule has 1 N–H and O–H groups in total. The van der Waals surface area contributed by atoms with Gasteiger partial charge in [-0.3, -0.25) is 9.59 Å². The van der Waals surface area contributed by atoms with E-state index in [4.69, 9.17) is 5.11 Å². The second-order valence-corrected chi connectivity index (χ2v) is 3.76. The average molecular weight is 204 g/mol. The van der Waals surface area contributed by atoms with Crippen molar-refractivity contribution in [3.63, 3.8) is 0 Å². The highest BCUT2D eigenvalue weighted by Gasteiger charge is 2.32. The molecule has 0 aromatic heterocycles. The fourth-order valence-electron chi connectivity index (χ4n) is 1.99. The van der Waals surface area contributed by atoms with E-state index < -0.39 is 5.78 Å². The number of Topliss-reactive ketones (excluding diaryl/α,β-unsaturated/α-hetero) is 2. The molecule has 1 aromatic carbocycles. The predicted octanol–water partition coefficient (Wildman–Crippen LogP) is 0.993. The average Bonchev–Trinajstić information content (AvgIpc) is 2.26. The molecule has 0 fully saturated rings. The van der Waals surface area contributed by atoms with Crippen LogP contribution in [-0.4, -0.2) is 23.3 Å². The molecule has 1 unspecified atom stereocenters. The van der Waals surface area contributed by atoms with Crippen LogP contribution in [0.4, 0.5) is 0 Å². The largest absolute Gasteiger partial charge is 0.396 e. The van der Waals surface area contributed by atoms with E-state index in [9.17, 15) is 9.59 Å². The first-order chi connectivity index (χ1) is 7.24. The Kier molecular flexibility index (Phi) is 2.64. The van der Waals surface area contributed by atoms with Crippen molar-refractivity contribution in [2.75, 3.05) is 6.61 Å². The van der Waals surface area contributed by atoms with Gasteiger partial charge < -0.3 is 5.11 Å². The van der Waals surface area contributed by atoms with Crippen molar-refractivity contribution in [2.24, 2.45) is 5.92 Å². The van der Waals surface area contributed by atoms with Gasteiger partial charge in [-0.1, -0.05) is 24.3 Å². The highest BCUT2D eigenvalue weighted by molar-refractivity contribution is 6.45. The molecule has 1 aliphatic carbocycles. The Morgan fingerprint density at radius 3 is 2.73 bits per heavy atom. The van der Waals surface area contributed by atoms with E-state index >= 15 is 0 Å². The molecule has 3 heteroatoms. The van der Waals surface area contributed by atoms with E-state index in [-0.39, 0.29) is 18.3 Å². The molecule has 0 spiro atoms. The summed E-state index contributed by atoms with van der Waals surface area (Å²) in [6.45, 7) is -0.0497. The number of hydrogen-bond donors (Lipinski definition) is 1. The Morgan fingerprint density at radius 1 is 1.27 bits per heavy atom. The zero-order chi connectivity index (χ0) is 10.8. The van der Waals surface area contributed by atoms with Gasteiger partial charge >= 0.3 is 0 Å². The van der Waals surface area contributed by atoms with Crippen LogP contribution in [0.3, 0.4) is 0 Å². The number of rotatable bonds is 2. The summed E-state index contributed by atoms with van der Waals surface area (Å²) in [6.07, 6.45) is 0.945. The molecule has 0 radical (unpaired) electrons. The quantitative estimate of drug-likeness (QED) is 0.731. The molecule has 15 heavy (non-hydrogen) atoms. The third-order valence-corrected chi connectivity index (χ3v) is 2.80. The third-order valence-electron chi connectivity index (χ3n) is 2.80. The molecule has 0 aliphatic heterocycles. The minimum Gasteiger partial charge on any atom is -0.396 e. The highest BCUT2D eigenvalue weighted by Crippen LogP contribution is 2.24. The van der Waals surface area contributed by atoms with Crippen molar-refractivity contribution < 1.29 is 14.7 Å². The minimum atomic E-state index is -0.407. The maximum atomic E-state index is 11.7. The Balaban J connectivity index is 2.37. The van der Waals surface area contributed by atoms with Crippen molar-refractivity contribution in [2.45, 2.75) is 12.8 Å². The van der Waals surface area contributed by atoms with E-state index in [1.807, 2.05) is 12.1 Å². The third kappa shape index (κ3) is 1.70. The summed E-state index contributed by atoms with van der Waals surface area (Å²) in [5.41, 5.74) is 1.44. The molecule has 1 atom stereocenters. The summed E-state index contributed by atoms with van der Waals surface area (Å²) >= 11 is 0. The maximum Gasteiger partial charge on any atom is 0.229 e. The number of benzene rings is 1. The summed E-state index contributed by atoms with van der Waals surface area (Å²) < 4.78 is 0. The van der Waals surface area contributed by atoms with Gasteiger partial charge in [-0.2, -0.15) is 0 Å². The zero-order valence-electron chi connectivity index (χ0n) is 8.27. The fourth-order valence-corrected chi connectivity index (χ4v) is 1.99. The van der Waals surface area contributed by atoms with Gasteiger partial charge in [0.25, 0.3) is 0 Å². The number of carbonyl (C=O) groups is 2. The monoisotopic (exact) mass is 204 g/mol. The van der Waals surface area contributed by atoms with Gasteiger partial charge in [0.1, 0.15) is 0 Å². The number of carbonyl (C=O) groups excluding carboxylic acids is 2. The van der Waals surface area contributed by atoms with Gasteiger partial charge in [-0.25, -0.2) is 0 Å². The van der Waals surface area contributed by atoms with Crippen LogP contribution in [0.25, 0.3) is 0 Å². The van der Waals surface area contributed by atoms with Gasteiger partial charge in [0.15, 0.2) is 0 Å². The van der Waals surface area contributed by atoms with E-state index in [1.165, 1.54) is 0 Å². The van der Waals surface area contributed by atoms with Crippen LogP contribution in [0.15, 0.2) is 24.3 Å². The molecular weight excluding hydrogens is 192 g/mol. The fraction of sp³-hybridized carbons (Fsp3) is 0.333. The van der Waals surface area contributed by atoms with E-state index in [2.05, 4.69) is 0 Å². The van der Waals surface area contributed by atoms with Crippen molar-refractivity contribution in [1.29, 1.82) is 0 Å². The van der Waals surface area contributed by atoms with Crippen LogP contribution in [0.5, 0.6) is 0 Å². The van der Waals surface area contributed by atoms with Crippen LogP contribution in [-0.2, 0) is 11.2 Å². The normalized spacial score (nSPS) is 20.2. The first-order valence-electron chi connectivity index (χ1n) is 5.01. The summed E-state index contributed by atoms with van der Waals surface area (Å²) in [4.78, 5) is 23.3. The molecular formula is C12H12O3. The Hall–Kier alpha value is -1.48. The minimum absolute atomic E-state index is 0.0497. The lowest BCUT2D eigenvalue weighted by atomic mass is 9.80. The van der Waals surface area contributed by atoms with Crippen LogP contribution in [0, 0.1) is 5.92 Å². The van der Waals surface area contributed by atoms with E-state index in [1.54, 1.807) is 12.1 Å².